The predicted octanol–water partition coefficient (Wildman–Crippen LogP) is 1.71. The van der Waals surface area contributed by atoms with Crippen LogP contribution in [-0.2, 0) is 23.1 Å². The van der Waals surface area contributed by atoms with Crippen molar-refractivity contribution in [2.75, 3.05) is 20.3 Å². The predicted molar refractivity (Wildman–Crippen MR) is 95.1 cm³/mol. The van der Waals surface area contributed by atoms with Crippen LogP contribution >= 0.6 is 0 Å². The molecule has 2 rings (SSSR count). The average Bonchev–Trinajstić information content (AvgIpc) is 3.00. The fraction of sp³-hybridized carbons (Fsp3) is 0.471. The van der Waals surface area contributed by atoms with Crippen LogP contribution in [0.4, 0.5) is 0 Å². The molecule has 138 valence electrons. The Balaban J connectivity index is 2.46. The molecule has 0 aliphatic rings. The highest BCUT2D eigenvalue weighted by atomic mass is 32.2. The Kier molecular flexibility index (Phi) is 6.21. The second kappa shape index (κ2) is 7.99. The first kappa shape index (κ1) is 19.4. The van der Waals surface area contributed by atoms with Crippen LogP contribution in [-0.4, -0.2) is 47.6 Å². The van der Waals surface area contributed by atoms with Crippen molar-refractivity contribution in [3.05, 3.63) is 41.5 Å². The first-order valence-corrected chi connectivity index (χ1v) is 9.55. The molecule has 2 aromatic rings. The number of aromatic nitrogens is 2. The Bertz CT molecular complexity index is 807. The molecule has 0 unspecified atom stereocenters. The van der Waals surface area contributed by atoms with Crippen LogP contribution in [0, 0.1) is 13.8 Å². The fourth-order valence-electron chi connectivity index (χ4n) is 2.90. The minimum atomic E-state index is -3.79. The molecule has 1 N–H and O–H groups in total. The summed E-state index contributed by atoms with van der Waals surface area (Å²) in [5.41, 5.74) is 1.22. The number of ether oxygens (including phenoxy) is 1. The maximum atomic E-state index is 13.2. The van der Waals surface area contributed by atoms with Crippen molar-refractivity contribution in [2.24, 2.45) is 0 Å². The van der Waals surface area contributed by atoms with E-state index in [4.69, 9.17) is 4.74 Å². The molecule has 7 nitrogen and oxygen atoms in total. The summed E-state index contributed by atoms with van der Waals surface area (Å²) < 4.78 is 34.8. The molecule has 0 radical (unpaired) electrons. The van der Waals surface area contributed by atoms with Crippen LogP contribution < -0.4 is 4.74 Å². The number of benzene rings is 1. The van der Waals surface area contributed by atoms with Gasteiger partial charge in [-0.15, -0.1) is 0 Å². The van der Waals surface area contributed by atoms with E-state index < -0.39 is 10.0 Å². The summed E-state index contributed by atoms with van der Waals surface area (Å²) in [6.07, 6.45) is 3.45. The third-order valence-electron chi connectivity index (χ3n) is 4.08. The van der Waals surface area contributed by atoms with Gasteiger partial charge in [-0.25, -0.2) is 13.4 Å². The number of hydrogen-bond donors (Lipinski definition) is 1. The summed E-state index contributed by atoms with van der Waals surface area (Å²) >= 11 is 0. The Morgan fingerprint density at radius 1 is 1.28 bits per heavy atom. The van der Waals surface area contributed by atoms with Crippen molar-refractivity contribution >= 4 is 10.0 Å². The van der Waals surface area contributed by atoms with Gasteiger partial charge < -0.3 is 14.4 Å². The van der Waals surface area contributed by atoms with Gasteiger partial charge in [0.05, 0.1) is 25.2 Å². The Hall–Kier alpha value is -1.90. The normalized spacial score (nSPS) is 11.9. The van der Waals surface area contributed by atoms with Gasteiger partial charge in [-0.2, -0.15) is 4.31 Å². The van der Waals surface area contributed by atoms with E-state index in [1.165, 1.54) is 4.31 Å². The van der Waals surface area contributed by atoms with E-state index in [0.717, 1.165) is 0 Å². The fourth-order valence-corrected chi connectivity index (χ4v) is 4.69. The van der Waals surface area contributed by atoms with Gasteiger partial charge in [-0.3, -0.25) is 0 Å². The van der Waals surface area contributed by atoms with E-state index in [0.29, 0.717) is 29.2 Å². The molecule has 0 aliphatic carbocycles. The largest absolute Gasteiger partial charge is 0.497 e. The van der Waals surface area contributed by atoms with E-state index in [1.54, 1.807) is 39.3 Å². The number of aryl methyl sites for hydroxylation is 3. The molecule has 0 bridgehead atoms. The average molecular weight is 367 g/mol. The molecule has 0 saturated heterocycles. The number of nitrogens with zero attached hydrogens (tertiary/aromatic N) is 3. The SMILES string of the molecule is CCn1ccnc1CN(CCO)S(=O)(=O)c1c(C)cc(OC)cc1C. The molecule has 1 aromatic carbocycles. The van der Waals surface area contributed by atoms with Crippen LogP contribution in [0.15, 0.2) is 29.4 Å². The summed E-state index contributed by atoms with van der Waals surface area (Å²) in [5.74, 6) is 1.26. The molecule has 0 atom stereocenters. The first-order chi connectivity index (χ1) is 11.8. The van der Waals surface area contributed by atoms with Crippen molar-refractivity contribution < 1.29 is 18.3 Å². The highest BCUT2D eigenvalue weighted by molar-refractivity contribution is 7.89. The second-order valence-electron chi connectivity index (χ2n) is 5.78. The number of imidazole rings is 1. The van der Waals surface area contributed by atoms with Gasteiger partial charge in [-0.1, -0.05) is 0 Å². The van der Waals surface area contributed by atoms with Crippen molar-refractivity contribution in [2.45, 2.75) is 38.8 Å². The van der Waals surface area contributed by atoms with Gasteiger partial charge in [0.25, 0.3) is 0 Å². The van der Waals surface area contributed by atoms with Crippen molar-refractivity contribution in [3.63, 3.8) is 0 Å². The third kappa shape index (κ3) is 4.02. The molecule has 8 heteroatoms. The lowest BCUT2D eigenvalue weighted by atomic mass is 10.1. The highest BCUT2D eigenvalue weighted by Gasteiger charge is 2.29. The lowest BCUT2D eigenvalue weighted by molar-refractivity contribution is 0.248. The molecule has 0 spiro atoms. The monoisotopic (exact) mass is 367 g/mol. The molecule has 0 amide bonds. The highest BCUT2D eigenvalue weighted by Crippen LogP contribution is 2.28. The number of rotatable bonds is 8. The number of hydrogen-bond acceptors (Lipinski definition) is 5. The maximum absolute atomic E-state index is 13.2. The van der Waals surface area contributed by atoms with Gasteiger partial charge in [-0.05, 0) is 44.0 Å². The second-order valence-corrected chi connectivity index (χ2v) is 7.66. The third-order valence-corrected chi connectivity index (χ3v) is 6.23. The van der Waals surface area contributed by atoms with Crippen LogP contribution in [0.2, 0.25) is 0 Å². The summed E-state index contributed by atoms with van der Waals surface area (Å²) in [5, 5.41) is 9.37. The Morgan fingerprint density at radius 3 is 2.44 bits per heavy atom. The zero-order valence-electron chi connectivity index (χ0n) is 15.1. The van der Waals surface area contributed by atoms with Gasteiger partial charge in [0.2, 0.25) is 10.0 Å². The molecule has 1 heterocycles. The van der Waals surface area contributed by atoms with E-state index in [1.807, 2.05) is 17.7 Å². The van der Waals surface area contributed by atoms with Crippen molar-refractivity contribution in [1.82, 2.24) is 13.9 Å². The Labute approximate surface area is 148 Å². The van der Waals surface area contributed by atoms with Crippen LogP contribution in [0.25, 0.3) is 0 Å². The number of sulfonamides is 1. The summed E-state index contributed by atoms with van der Waals surface area (Å²) in [6, 6.07) is 3.40. The van der Waals surface area contributed by atoms with Gasteiger partial charge >= 0.3 is 0 Å². The van der Waals surface area contributed by atoms with E-state index in [9.17, 15) is 13.5 Å². The summed E-state index contributed by atoms with van der Waals surface area (Å²) in [4.78, 5) is 4.49. The Morgan fingerprint density at radius 2 is 1.92 bits per heavy atom. The van der Waals surface area contributed by atoms with Crippen LogP contribution in [0.1, 0.15) is 23.9 Å². The summed E-state index contributed by atoms with van der Waals surface area (Å²) in [6.45, 7) is 5.99. The topological polar surface area (TPSA) is 84.7 Å². The molecule has 25 heavy (non-hydrogen) atoms. The standard InChI is InChI=1S/C17H25N3O4S/c1-5-19-7-6-18-16(19)12-20(8-9-21)25(22,23)17-13(2)10-15(24-4)11-14(17)3/h6-7,10-11,21H,5,8-9,12H2,1-4H3. The molecule has 0 fully saturated rings. The smallest absolute Gasteiger partial charge is 0.244 e. The zero-order valence-corrected chi connectivity index (χ0v) is 15.9. The van der Waals surface area contributed by atoms with Crippen molar-refractivity contribution in [1.29, 1.82) is 0 Å². The van der Waals surface area contributed by atoms with Gasteiger partial charge in [0, 0.05) is 25.5 Å². The number of aliphatic hydroxyl groups is 1. The van der Waals surface area contributed by atoms with Gasteiger partial charge in [0.1, 0.15) is 11.6 Å². The summed E-state index contributed by atoms with van der Waals surface area (Å²) in [7, 11) is -2.24. The lowest BCUT2D eigenvalue weighted by Crippen LogP contribution is -2.35. The lowest BCUT2D eigenvalue weighted by Gasteiger charge is -2.23. The minimum Gasteiger partial charge on any atom is -0.497 e. The number of methoxy groups -OCH3 is 1. The van der Waals surface area contributed by atoms with Gasteiger partial charge in [0.15, 0.2) is 0 Å². The van der Waals surface area contributed by atoms with Crippen LogP contribution in [0.3, 0.4) is 0 Å². The number of aliphatic hydroxyl groups excluding tert-OH is 1. The molecule has 0 saturated carbocycles. The zero-order chi connectivity index (χ0) is 18.6. The first-order valence-electron chi connectivity index (χ1n) is 8.11. The molecule has 1 aromatic heterocycles. The van der Waals surface area contributed by atoms with E-state index in [-0.39, 0.29) is 24.6 Å². The maximum Gasteiger partial charge on any atom is 0.244 e. The van der Waals surface area contributed by atoms with E-state index >= 15 is 0 Å². The van der Waals surface area contributed by atoms with Crippen molar-refractivity contribution in [3.8, 4) is 5.75 Å². The van der Waals surface area contributed by atoms with Crippen LogP contribution in [0.5, 0.6) is 5.75 Å². The quantitative estimate of drug-likeness (QED) is 0.768. The minimum absolute atomic E-state index is 0.00379. The van der Waals surface area contributed by atoms with E-state index in [2.05, 4.69) is 4.98 Å². The molecular weight excluding hydrogens is 342 g/mol. The molecular formula is C17H25N3O4S. The molecule has 0 aliphatic heterocycles.